The number of allylic oxidation sites excluding steroid dienone is 4. The van der Waals surface area contributed by atoms with E-state index in [0.29, 0.717) is 79.2 Å². The van der Waals surface area contributed by atoms with E-state index in [9.17, 15) is 14.9 Å². The molecule has 218 valence electrons. The van der Waals surface area contributed by atoms with E-state index >= 15 is 0 Å². The third-order valence-electron chi connectivity index (χ3n) is 7.00. The Bertz CT molecular complexity index is 1550. The van der Waals surface area contributed by atoms with Gasteiger partial charge in [-0.2, -0.15) is 10.4 Å². The Morgan fingerprint density at radius 1 is 1.12 bits per heavy atom. The third-order valence-corrected chi connectivity index (χ3v) is 7.00. The second-order valence-electron chi connectivity index (χ2n) is 9.69. The van der Waals surface area contributed by atoms with Crippen LogP contribution < -0.4 is 10.1 Å². The number of hydrogen-bond acceptors (Lipinski definition) is 7. The van der Waals surface area contributed by atoms with Gasteiger partial charge in [0.05, 0.1) is 35.1 Å². The number of nitrogens with one attached hydrogen (secondary N) is 1. The van der Waals surface area contributed by atoms with E-state index in [2.05, 4.69) is 23.1 Å². The molecular weight excluding hydrogens is 532 g/mol. The van der Waals surface area contributed by atoms with Crippen LogP contribution in [0.2, 0.25) is 0 Å². The zero-order chi connectivity index (χ0) is 30.1. The average Bonchev–Trinajstić information content (AvgIpc) is 3.17. The van der Waals surface area contributed by atoms with Crippen molar-refractivity contribution in [2.45, 2.75) is 33.6 Å². The summed E-state index contributed by atoms with van der Waals surface area (Å²) in [4.78, 5) is 29.2. The minimum absolute atomic E-state index is 0.152. The normalized spacial score (nSPS) is 14.2. The minimum atomic E-state index is -0.361. The van der Waals surface area contributed by atoms with E-state index < -0.39 is 0 Å². The highest BCUT2D eigenvalue weighted by molar-refractivity contribution is 6.00. The van der Waals surface area contributed by atoms with Crippen molar-refractivity contribution < 1.29 is 19.1 Å². The molecule has 1 aliphatic rings. The molecule has 42 heavy (non-hydrogen) atoms. The molecule has 1 N–H and O–H groups in total. The van der Waals surface area contributed by atoms with Crippen LogP contribution in [0.15, 0.2) is 79.0 Å². The first-order valence-electron chi connectivity index (χ1n) is 14.0. The number of carbonyl (C=O) groups excluding carboxylic acids is 2. The van der Waals surface area contributed by atoms with Crippen LogP contribution in [0.5, 0.6) is 5.75 Å². The van der Waals surface area contributed by atoms with Gasteiger partial charge in [-0.15, -0.1) is 0 Å². The van der Waals surface area contributed by atoms with Crippen LogP contribution in [0.1, 0.15) is 48.2 Å². The van der Waals surface area contributed by atoms with Gasteiger partial charge in [-0.25, -0.2) is 9.31 Å². The van der Waals surface area contributed by atoms with Crippen LogP contribution >= 0.6 is 0 Å². The molecule has 0 atom stereocenters. The van der Waals surface area contributed by atoms with E-state index in [1.807, 2.05) is 56.3 Å². The van der Waals surface area contributed by atoms with E-state index in [1.165, 1.54) is 6.20 Å². The molecule has 3 heterocycles. The van der Waals surface area contributed by atoms with Gasteiger partial charge in [0.15, 0.2) is 0 Å². The zero-order valence-corrected chi connectivity index (χ0v) is 24.3. The Morgan fingerprint density at radius 3 is 2.55 bits per heavy atom. The number of fused-ring (bicyclic) bond motifs is 1. The van der Waals surface area contributed by atoms with Crippen molar-refractivity contribution in [2.24, 2.45) is 0 Å². The number of nitriles is 1. The summed E-state index contributed by atoms with van der Waals surface area (Å²) in [6.07, 6.45) is 9.48. The van der Waals surface area contributed by atoms with Crippen LogP contribution in [0.25, 0.3) is 5.52 Å². The second-order valence-corrected chi connectivity index (χ2v) is 9.69. The molecule has 0 bridgehead atoms. The van der Waals surface area contributed by atoms with Gasteiger partial charge in [0.2, 0.25) is 0 Å². The SMILES string of the molecule is C=C/C(=C\C=C(/CC)Oc1ccccc1)Nc1c(C#N)cnn2cc(C(=O)N3CCCN(C(=O)OCC)CC3)c(C)c12. The monoisotopic (exact) mass is 568 g/mol. The minimum Gasteiger partial charge on any atom is -0.462 e. The lowest BCUT2D eigenvalue weighted by atomic mass is 10.1. The molecule has 1 saturated heterocycles. The van der Waals surface area contributed by atoms with Crippen LogP contribution in [0.4, 0.5) is 10.5 Å². The molecule has 0 unspecified atom stereocenters. The summed E-state index contributed by atoms with van der Waals surface area (Å²) in [6, 6.07) is 11.7. The topological polar surface area (TPSA) is 112 Å². The molecule has 0 spiro atoms. The first kappa shape index (κ1) is 29.9. The number of amides is 2. The molecule has 1 fully saturated rings. The van der Waals surface area contributed by atoms with E-state index in [-0.39, 0.29) is 12.0 Å². The number of rotatable bonds is 9. The van der Waals surface area contributed by atoms with Crippen LogP contribution in [0.3, 0.4) is 0 Å². The maximum Gasteiger partial charge on any atom is 0.409 e. The number of carbonyl (C=O) groups is 2. The van der Waals surface area contributed by atoms with Gasteiger partial charge in [-0.3, -0.25) is 4.79 Å². The molecule has 2 amide bonds. The van der Waals surface area contributed by atoms with Gasteiger partial charge in [-0.05, 0) is 56.2 Å². The molecular formula is C32H36N6O4. The van der Waals surface area contributed by atoms with Gasteiger partial charge in [0.1, 0.15) is 17.6 Å². The van der Waals surface area contributed by atoms with Crippen molar-refractivity contribution in [1.29, 1.82) is 5.26 Å². The fourth-order valence-corrected chi connectivity index (χ4v) is 4.76. The Labute approximate surface area is 246 Å². The standard InChI is InChI=1S/C32H36N6O4/c1-5-25(14-15-26(6-2)42-27-12-9-8-10-13-27)35-29-24(20-33)21-34-38-22-28(23(4)30(29)38)31(39)36-16-11-17-37(19-18-36)32(40)41-7-3/h5,8-10,12-15,21-22,35H,1,6-7,11,16-19H2,2-4H3/b25-14+,26-15+. The van der Waals surface area contributed by atoms with Crippen molar-refractivity contribution >= 4 is 23.2 Å². The fourth-order valence-electron chi connectivity index (χ4n) is 4.76. The van der Waals surface area contributed by atoms with E-state index in [4.69, 9.17) is 9.47 Å². The van der Waals surface area contributed by atoms with Crippen molar-refractivity contribution in [2.75, 3.05) is 38.1 Å². The number of anilines is 1. The highest BCUT2D eigenvalue weighted by Crippen LogP contribution is 2.30. The largest absolute Gasteiger partial charge is 0.462 e. The fraction of sp³-hybridized carbons (Fsp3) is 0.312. The highest BCUT2D eigenvalue weighted by atomic mass is 16.6. The Balaban J connectivity index is 1.61. The lowest BCUT2D eigenvalue weighted by Gasteiger charge is -2.21. The molecule has 2 aromatic heterocycles. The van der Waals surface area contributed by atoms with E-state index in [0.717, 1.165) is 11.5 Å². The summed E-state index contributed by atoms with van der Waals surface area (Å²) in [5.74, 6) is 1.35. The van der Waals surface area contributed by atoms with Gasteiger partial charge in [-0.1, -0.05) is 31.7 Å². The Hall–Kier alpha value is -5.04. The van der Waals surface area contributed by atoms with Gasteiger partial charge in [0, 0.05) is 44.5 Å². The molecule has 10 heteroatoms. The number of ether oxygens (including phenoxy) is 2. The molecule has 4 rings (SSSR count). The summed E-state index contributed by atoms with van der Waals surface area (Å²) >= 11 is 0. The van der Waals surface area contributed by atoms with E-state index in [1.54, 1.807) is 33.5 Å². The average molecular weight is 569 g/mol. The molecule has 1 aromatic carbocycles. The first-order chi connectivity index (χ1) is 20.4. The van der Waals surface area contributed by atoms with Crippen molar-refractivity contribution in [3.8, 4) is 11.8 Å². The van der Waals surface area contributed by atoms with Gasteiger partial charge in [0.25, 0.3) is 5.91 Å². The predicted molar refractivity (Wildman–Crippen MR) is 161 cm³/mol. The summed E-state index contributed by atoms with van der Waals surface area (Å²) in [6.45, 7) is 11.7. The third kappa shape index (κ3) is 6.81. The molecule has 10 nitrogen and oxygen atoms in total. The van der Waals surface area contributed by atoms with Crippen molar-refractivity contribution in [3.63, 3.8) is 0 Å². The zero-order valence-electron chi connectivity index (χ0n) is 24.3. The van der Waals surface area contributed by atoms with Crippen LogP contribution in [-0.2, 0) is 4.74 Å². The molecule has 1 aliphatic heterocycles. The van der Waals surface area contributed by atoms with Crippen LogP contribution in [0, 0.1) is 18.3 Å². The summed E-state index contributed by atoms with van der Waals surface area (Å²) < 4.78 is 12.7. The number of benzene rings is 1. The maximum atomic E-state index is 13.7. The molecule has 0 radical (unpaired) electrons. The number of hydrogen-bond donors (Lipinski definition) is 1. The summed E-state index contributed by atoms with van der Waals surface area (Å²) in [7, 11) is 0. The second kappa shape index (κ2) is 14.0. The lowest BCUT2D eigenvalue weighted by Crippen LogP contribution is -2.37. The summed E-state index contributed by atoms with van der Waals surface area (Å²) in [5, 5.41) is 17.6. The number of nitrogens with zero attached hydrogens (tertiary/aromatic N) is 5. The lowest BCUT2D eigenvalue weighted by molar-refractivity contribution is 0.0753. The maximum absolute atomic E-state index is 13.7. The predicted octanol–water partition coefficient (Wildman–Crippen LogP) is 5.67. The molecule has 0 aliphatic carbocycles. The van der Waals surface area contributed by atoms with Crippen molar-refractivity contribution in [1.82, 2.24) is 19.4 Å². The van der Waals surface area contributed by atoms with Gasteiger partial charge >= 0.3 is 6.09 Å². The van der Waals surface area contributed by atoms with Gasteiger partial charge < -0.3 is 24.6 Å². The Morgan fingerprint density at radius 2 is 1.86 bits per heavy atom. The first-order valence-corrected chi connectivity index (χ1v) is 14.0. The van der Waals surface area contributed by atoms with Crippen molar-refractivity contribution in [3.05, 3.63) is 95.7 Å². The Kier molecular flexibility index (Phi) is 10.0. The highest BCUT2D eigenvalue weighted by Gasteiger charge is 2.27. The number of para-hydroxylation sites is 1. The molecule has 3 aromatic rings. The van der Waals surface area contributed by atoms with Crippen LogP contribution in [-0.4, -0.2) is 64.2 Å². The number of aromatic nitrogens is 2. The molecule has 0 saturated carbocycles. The summed E-state index contributed by atoms with van der Waals surface area (Å²) in [5.41, 5.74) is 3.29. The smallest absolute Gasteiger partial charge is 0.409 e. The number of aryl methyl sites for hydroxylation is 1. The quantitative estimate of drug-likeness (QED) is 0.261.